The molecule has 0 aliphatic heterocycles. The van der Waals surface area contributed by atoms with Gasteiger partial charge in [0, 0.05) is 12.2 Å². The van der Waals surface area contributed by atoms with E-state index in [-0.39, 0.29) is 4.90 Å². The van der Waals surface area contributed by atoms with Gasteiger partial charge in [-0.15, -0.1) is 0 Å². The lowest BCUT2D eigenvalue weighted by molar-refractivity contribution is 0.588. The molecule has 21 heavy (non-hydrogen) atoms. The molecule has 0 saturated heterocycles. The van der Waals surface area contributed by atoms with E-state index in [0.717, 1.165) is 11.3 Å². The summed E-state index contributed by atoms with van der Waals surface area (Å²) in [6, 6.07) is 11.9. The van der Waals surface area contributed by atoms with Crippen LogP contribution in [0.3, 0.4) is 0 Å². The van der Waals surface area contributed by atoms with Crippen molar-refractivity contribution in [2.45, 2.75) is 11.4 Å². The quantitative estimate of drug-likeness (QED) is 0.872. The molecule has 0 aliphatic carbocycles. The van der Waals surface area contributed by atoms with E-state index >= 15 is 0 Å². The number of hydrogen-bond donors (Lipinski definition) is 2. The average Bonchev–Trinajstić information content (AvgIpc) is 2.49. The Balaban J connectivity index is 2.05. The van der Waals surface area contributed by atoms with Crippen molar-refractivity contribution in [3.8, 4) is 0 Å². The van der Waals surface area contributed by atoms with Crippen molar-refractivity contribution in [3.63, 3.8) is 0 Å². The summed E-state index contributed by atoms with van der Waals surface area (Å²) in [4.78, 5) is 0.227. The largest absolute Gasteiger partial charge is 0.381 e. The maximum Gasteiger partial charge on any atom is 0.240 e. The Morgan fingerprint density at radius 3 is 2.24 bits per heavy atom. The fourth-order valence-corrected chi connectivity index (χ4v) is 2.77. The minimum Gasteiger partial charge on any atom is -0.381 e. The lowest BCUT2D eigenvalue weighted by Gasteiger charge is -2.08. The van der Waals surface area contributed by atoms with E-state index < -0.39 is 10.0 Å². The lowest BCUT2D eigenvalue weighted by atomic mass is 10.2. The highest BCUT2D eigenvalue weighted by atomic mass is 35.5. The number of sulfonamides is 1. The number of nitrogens with one attached hydrogen (secondary N) is 2. The highest BCUT2D eigenvalue weighted by molar-refractivity contribution is 7.89. The third-order valence-corrected chi connectivity index (χ3v) is 5.08. The molecular weight excluding hydrogens is 331 g/mol. The van der Waals surface area contributed by atoms with Crippen LogP contribution in [-0.4, -0.2) is 15.5 Å². The van der Waals surface area contributed by atoms with Crippen LogP contribution >= 0.6 is 23.2 Å². The minimum absolute atomic E-state index is 0.227. The van der Waals surface area contributed by atoms with E-state index in [1.807, 2.05) is 6.07 Å². The fourth-order valence-electron chi connectivity index (χ4n) is 1.72. The molecule has 0 bridgehead atoms. The summed E-state index contributed by atoms with van der Waals surface area (Å²) < 4.78 is 25.5. The molecule has 112 valence electrons. The maximum atomic E-state index is 11.6. The summed E-state index contributed by atoms with van der Waals surface area (Å²) in [7, 11) is -2.02. The van der Waals surface area contributed by atoms with Gasteiger partial charge in [-0.1, -0.05) is 29.3 Å². The zero-order valence-corrected chi connectivity index (χ0v) is 13.6. The first-order valence-corrected chi connectivity index (χ1v) is 8.38. The monoisotopic (exact) mass is 344 g/mol. The smallest absolute Gasteiger partial charge is 0.240 e. The average molecular weight is 345 g/mol. The lowest BCUT2D eigenvalue weighted by Crippen LogP contribution is -2.18. The number of rotatable bonds is 5. The van der Waals surface area contributed by atoms with E-state index in [1.165, 1.54) is 7.05 Å². The molecule has 7 heteroatoms. The molecule has 0 amide bonds. The van der Waals surface area contributed by atoms with E-state index in [2.05, 4.69) is 10.0 Å². The predicted molar refractivity (Wildman–Crippen MR) is 86.5 cm³/mol. The summed E-state index contributed by atoms with van der Waals surface area (Å²) in [5, 5.41) is 4.21. The van der Waals surface area contributed by atoms with Gasteiger partial charge in [-0.2, -0.15) is 0 Å². The Kier molecular flexibility index (Phi) is 5.11. The molecule has 2 N–H and O–H groups in total. The minimum atomic E-state index is -3.40. The van der Waals surface area contributed by atoms with Crippen LogP contribution in [0.15, 0.2) is 47.4 Å². The summed E-state index contributed by atoms with van der Waals surface area (Å²) in [5.74, 6) is 0. The van der Waals surface area contributed by atoms with Crippen LogP contribution in [0.1, 0.15) is 5.56 Å². The number of benzene rings is 2. The first kappa shape index (κ1) is 16.1. The van der Waals surface area contributed by atoms with Gasteiger partial charge in [0.25, 0.3) is 0 Å². The summed E-state index contributed by atoms with van der Waals surface area (Å²) in [6.45, 7) is 0.564. The highest BCUT2D eigenvalue weighted by Gasteiger charge is 2.10. The zero-order valence-electron chi connectivity index (χ0n) is 11.2. The molecule has 0 heterocycles. The molecule has 2 aromatic rings. The van der Waals surface area contributed by atoms with E-state index in [4.69, 9.17) is 23.2 Å². The van der Waals surface area contributed by atoms with Crippen molar-refractivity contribution in [2.75, 3.05) is 12.4 Å². The van der Waals surface area contributed by atoms with Crippen LogP contribution in [0.25, 0.3) is 0 Å². The van der Waals surface area contributed by atoms with Crippen molar-refractivity contribution < 1.29 is 8.42 Å². The first-order valence-electron chi connectivity index (χ1n) is 6.14. The standard InChI is InChI=1S/C14H14Cl2N2O2S/c1-17-21(19,20)12-5-3-11(4-6-12)18-9-10-2-7-13(15)14(16)8-10/h2-8,17-18H,9H2,1H3. The molecule has 0 radical (unpaired) electrons. The van der Waals surface area contributed by atoms with Gasteiger partial charge in [0.05, 0.1) is 14.9 Å². The van der Waals surface area contributed by atoms with Gasteiger partial charge in [0.1, 0.15) is 0 Å². The van der Waals surface area contributed by atoms with Gasteiger partial charge in [-0.3, -0.25) is 0 Å². The van der Waals surface area contributed by atoms with Crippen molar-refractivity contribution in [3.05, 3.63) is 58.1 Å². The number of hydrogen-bond acceptors (Lipinski definition) is 3. The van der Waals surface area contributed by atoms with Crippen LogP contribution in [0.4, 0.5) is 5.69 Å². The molecule has 4 nitrogen and oxygen atoms in total. The number of halogens is 2. The van der Waals surface area contributed by atoms with Crippen LogP contribution in [0.2, 0.25) is 10.0 Å². The summed E-state index contributed by atoms with van der Waals surface area (Å²) >= 11 is 11.8. The van der Waals surface area contributed by atoms with Crippen LogP contribution < -0.4 is 10.0 Å². The van der Waals surface area contributed by atoms with E-state index in [9.17, 15) is 8.42 Å². The van der Waals surface area contributed by atoms with Crippen molar-refractivity contribution >= 4 is 38.9 Å². The molecule has 0 spiro atoms. The van der Waals surface area contributed by atoms with Gasteiger partial charge in [-0.05, 0) is 49.0 Å². The molecule has 2 aromatic carbocycles. The number of anilines is 1. The van der Waals surface area contributed by atoms with Crippen LogP contribution in [-0.2, 0) is 16.6 Å². The van der Waals surface area contributed by atoms with Crippen molar-refractivity contribution in [1.82, 2.24) is 4.72 Å². The summed E-state index contributed by atoms with van der Waals surface area (Å²) in [6.07, 6.45) is 0. The molecule has 0 fully saturated rings. The second-order valence-corrected chi connectivity index (χ2v) is 7.03. The Morgan fingerprint density at radius 2 is 1.67 bits per heavy atom. The second kappa shape index (κ2) is 6.66. The topological polar surface area (TPSA) is 58.2 Å². The molecule has 0 aromatic heterocycles. The predicted octanol–water partition coefficient (Wildman–Crippen LogP) is 3.51. The molecule has 2 rings (SSSR count). The zero-order chi connectivity index (χ0) is 15.5. The fraction of sp³-hybridized carbons (Fsp3) is 0.143. The molecule has 0 saturated carbocycles. The molecule has 0 aliphatic rings. The summed E-state index contributed by atoms with van der Waals surface area (Å²) in [5.41, 5.74) is 1.80. The van der Waals surface area contributed by atoms with Gasteiger partial charge in [-0.25, -0.2) is 13.1 Å². The van der Waals surface area contributed by atoms with Crippen molar-refractivity contribution in [1.29, 1.82) is 0 Å². The van der Waals surface area contributed by atoms with E-state index in [0.29, 0.717) is 16.6 Å². The second-order valence-electron chi connectivity index (χ2n) is 4.33. The van der Waals surface area contributed by atoms with Crippen LogP contribution in [0.5, 0.6) is 0 Å². The highest BCUT2D eigenvalue weighted by Crippen LogP contribution is 2.23. The Hall–Kier alpha value is -1.27. The van der Waals surface area contributed by atoms with E-state index in [1.54, 1.807) is 36.4 Å². The Bertz CT molecular complexity index is 731. The normalized spacial score (nSPS) is 11.4. The van der Waals surface area contributed by atoms with Gasteiger partial charge < -0.3 is 5.32 Å². The Morgan fingerprint density at radius 1 is 1.00 bits per heavy atom. The van der Waals surface area contributed by atoms with Crippen LogP contribution in [0, 0.1) is 0 Å². The third kappa shape index (κ3) is 4.11. The molecular formula is C14H14Cl2N2O2S. The van der Waals surface area contributed by atoms with Gasteiger partial charge in [0.2, 0.25) is 10.0 Å². The maximum absolute atomic E-state index is 11.6. The van der Waals surface area contributed by atoms with Gasteiger partial charge in [0.15, 0.2) is 0 Å². The third-order valence-electron chi connectivity index (χ3n) is 2.91. The Labute approximate surface area is 134 Å². The SMILES string of the molecule is CNS(=O)(=O)c1ccc(NCc2ccc(Cl)c(Cl)c2)cc1. The molecule has 0 unspecified atom stereocenters. The first-order chi connectivity index (χ1) is 9.92. The van der Waals surface area contributed by atoms with Crippen molar-refractivity contribution in [2.24, 2.45) is 0 Å². The van der Waals surface area contributed by atoms with Gasteiger partial charge >= 0.3 is 0 Å². The molecule has 0 atom stereocenters.